The number of hydrogen-bond donors (Lipinski definition) is 1. The molecule has 0 bridgehead atoms. The van der Waals surface area contributed by atoms with Gasteiger partial charge in [0.25, 0.3) is 0 Å². The smallest absolute Gasteiger partial charge is 0.240 e. The number of hydrogen-bond acceptors (Lipinski definition) is 4. The summed E-state index contributed by atoms with van der Waals surface area (Å²) in [4.78, 5) is 15.1. The van der Waals surface area contributed by atoms with Crippen LogP contribution in [0.2, 0.25) is 0 Å². The van der Waals surface area contributed by atoms with Crippen LogP contribution < -0.4 is 10.1 Å². The Balaban J connectivity index is 1.77. The number of carbonyl (C=O) groups excluding carboxylic acids is 1. The first-order valence-corrected chi connectivity index (χ1v) is 9.27. The van der Waals surface area contributed by atoms with E-state index in [4.69, 9.17) is 4.74 Å². The monoisotopic (exact) mass is 341 g/mol. The second-order valence-corrected chi connectivity index (χ2v) is 7.11. The zero-order valence-corrected chi connectivity index (χ0v) is 15.0. The van der Waals surface area contributed by atoms with E-state index < -0.39 is 5.41 Å². The maximum absolute atomic E-state index is 12.7. The molecular formula is C20H27N3O2. The van der Waals surface area contributed by atoms with Gasteiger partial charge >= 0.3 is 0 Å². The first kappa shape index (κ1) is 17.8. The van der Waals surface area contributed by atoms with Gasteiger partial charge in [-0.3, -0.25) is 9.69 Å². The summed E-state index contributed by atoms with van der Waals surface area (Å²) in [6.07, 6.45) is 5.65. The Hall–Kier alpha value is -2.06. The van der Waals surface area contributed by atoms with E-state index in [0.717, 1.165) is 37.2 Å². The Morgan fingerprint density at radius 2 is 1.96 bits per heavy atom. The largest absolute Gasteiger partial charge is 0.496 e. The summed E-state index contributed by atoms with van der Waals surface area (Å²) in [5, 5.41) is 12.6. The number of rotatable bonds is 6. The fraction of sp³-hybridized carbons (Fsp3) is 0.600. The van der Waals surface area contributed by atoms with Crippen LogP contribution in [0.15, 0.2) is 24.3 Å². The van der Waals surface area contributed by atoms with Crippen molar-refractivity contribution in [3.8, 4) is 11.8 Å². The Labute approximate surface area is 150 Å². The molecule has 3 rings (SSSR count). The van der Waals surface area contributed by atoms with Gasteiger partial charge in [-0.1, -0.05) is 31.0 Å². The normalized spacial score (nSPS) is 20.8. The van der Waals surface area contributed by atoms with Crippen molar-refractivity contribution in [2.24, 2.45) is 5.41 Å². The summed E-state index contributed by atoms with van der Waals surface area (Å²) in [6, 6.07) is 10.4. The van der Waals surface area contributed by atoms with Crippen molar-refractivity contribution in [3.05, 3.63) is 29.8 Å². The molecule has 134 valence electrons. The van der Waals surface area contributed by atoms with Crippen LogP contribution in [-0.4, -0.2) is 37.6 Å². The van der Waals surface area contributed by atoms with Crippen molar-refractivity contribution >= 4 is 5.91 Å². The zero-order valence-electron chi connectivity index (χ0n) is 15.0. The molecule has 1 aromatic carbocycles. The summed E-state index contributed by atoms with van der Waals surface area (Å²) >= 11 is 0. The summed E-state index contributed by atoms with van der Waals surface area (Å²) in [6.45, 7) is 2.58. The molecule has 1 aliphatic carbocycles. The molecule has 1 N–H and O–H groups in total. The summed E-state index contributed by atoms with van der Waals surface area (Å²) in [7, 11) is 1.68. The zero-order chi connectivity index (χ0) is 17.7. The van der Waals surface area contributed by atoms with Crippen LogP contribution >= 0.6 is 0 Å². The second kappa shape index (κ2) is 7.88. The van der Waals surface area contributed by atoms with E-state index in [1.807, 2.05) is 18.2 Å². The highest BCUT2D eigenvalue weighted by atomic mass is 16.5. The minimum absolute atomic E-state index is 0.0831. The number of nitriles is 1. The molecule has 0 radical (unpaired) electrons. The van der Waals surface area contributed by atoms with Gasteiger partial charge in [0.15, 0.2) is 0 Å². The summed E-state index contributed by atoms with van der Waals surface area (Å²) < 4.78 is 5.54. The predicted molar refractivity (Wildman–Crippen MR) is 96.1 cm³/mol. The first-order chi connectivity index (χ1) is 12.2. The van der Waals surface area contributed by atoms with Crippen LogP contribution in [0, 0.1) is 16.7 Å². The average Bonchev–Trinajstić information content (AvgIpc) is 3.34. The van der Waals surface area contributed by atoms with Gasteiger partial charge in [0.2, 0.25) is 5.91 Å². The van der Waals surface area contributed by atoms with Crippen molar-refractivity contribution in [2.75, 3.05) is 26.7 Å². The highest BCUT2D eigenvalue weighted by Crippen LogP contribution is 2.38. The van der Waals surface area contributed by atoms with Gasteiger partial charge in [0.1, 0.15) is 11.2 Å². The summed E-state index contributed by atoms with van der Waals surface area (Å²) in [5.74, 6) is 0.746. The molecule has 5 nitrogen and oxygen atoms in total. The Morgan fingerprint density at radius 3 is 2.60 bits per heavy atom. The lowest BCUT2D eigenvalue weighted by molar-refractivity contribution is -0.128. The maximum Gasteiger partial charge on any atom is 0.240 e. The Bertz CT molecular complexity index is 641. The first-order valence-electron chi connectivity index (χ1n) is 9.27. The molecule has 1 unspecified atom stereocenters. The molecule has 1 saturated carbocycles. The van der Waals surface area contributed by atoms with Crippen LogP contribution in [0.1, 0.15) is 50.1 Å². The van der Waals surface area contributed by atoms with Crippen LogP contribution in [0.25, 0.3) is 0 Å². The molecule has 1 atom stereocenters. The number of carbonyl (C=O) groups is 1. The number of ether oxygens (including phenoxy) is 1. The number of likely N-dealkylation sites (tertiary alicyclic amines) is 1. The third kappa shape index (κ3) is 3.64. The standard InChI is InChI=1S/C20H27N3O2/c1-25-18-9-3-2-8-16(18)17(23-12-6-7-13-23)14-22-19(24)20(15-21)10-4-5-11-20/h2-3,8-9,17H,4-7,10-14H2,1H3,(H,22,24). The maximum atomic E-state index is 12.7. The molecule has 2 aliphatic rings. The van der Waals surface area contributed by atoms with Crippen molar-refractivity contribution in [1.29, 1.82) is 5.26 Å². The van der Waals surface area contributed by atoms with E-state index in [1.54, 1.807) is 7.11 Å². The highest BCUT2D eigenvalue weighted by molar-refractivity contribution is 5.85. The Morgan fingerprint density at radius 1 is 1.28 bits per heavy atom. The number of para-hydroxylation sites is 1. The third-order valence-electron chi connectivity index (χ3n) is 5.64. The molecule has 1 aromatic rings. The molecule has 5 heteroatoms. The number of amides is 1. The minimum atomic E-state index is -0.823. The lowest BCUT2D eigenvalue weighted by Gasteiger charge is -2.30. The van der Waals surface area contributed by atoms with E-state index in [1.165, 1.54) is 12.8 Å². The molecule has 1 amide bonds. The molecule has 1 heterocycles. The van der Waals surface area contributed by atoms with Crippen molar-refractivity contribution in [3.63, 3.8) is 0 Å². The molecule has 0 spiro atoms. The fourth-order valence-electron chi connectivity index (χ4n) is 4.16. The fourth-order valence-corrected chi connectivity index (χ4v) is 4.16. The number of nitrogens with one attached hydrogen (secondary N) is 1. The molecule has 1 saturated heterocycles. The van der Waals surface area contributed by atoms with E-state index in [-0.39, 0.29) is 11.9 Å². The van der Waals surface area contributed by atoms with Gasteiger partial charge in [-0.25, -0.2) is 0 Å². The van der Waals surface area contributed by atoms with E-state index in [2.05, 4.69) is 22.4 Å². The third-order valence-corrected chi connectivity index (χ3v) is 5.64. The topological polar surface area (TPSA) is 65.4 Å². The lowest BCUT2D eigenvalue weighted by atomic mass is 9.87. The van der Waals surface area contributed by atoms with Crippen LogP contribution in [0.5, 0.6) is 5.75 Å². The van der Waals surface area contributed by atoms with Crippen LogP contribution in [0.3, 0.4) is 0 Å². The minimum Gasteiger partial charge on any atom is -0.496 e. The van der Waals surface area contributed by atoms with E-state index in [0.29, 0.717) is 19.4 Å². The van der Waals surface area contributed by atoms with Gasteiger partial charge in [0.05, 0.1) is 19.2 Å². The van der Waals surface area contributed by atoms with Crippen LogP contribution in [0.4, 0.5) is 0 Å². The van der Waals surface area contributed by atoms with Crippen molar-refractivity contribution in [2.45, 2.75) is 44.6 Å². The van der Waals surface area contributed by atoms with Crippen molar-refractivity contribution < 1.29 is 9.53 Å². The molecule has 25 heavy (non-hydrogen) atoms. The number of methoxy groups -OCH3 is 1. The Kier molecular flexibility index (Phi) is 5.60. The quantitative estimate of drug-likeness (QED) is 0.864. The summed E-state index contributed by atoms with van der Waals surface area (Å²) in [5.41, 5.74) is 0.278. The van der Waals surface area contributed by atoms with Crippen molar-refractivity contribution in [1.82, 2.24) is 10.2 Å². The highest BCUT2D eigenvalue weighted by Gasteiger charge is 2.41. The SMILES string of the molecule is COc1ccccc1C(CNC(=O)C1(C#N)CCCC1)N1CCCC1. The molecule has 0 aromatic heterocycles. The van der Waals surface area contributed by atoms with E-state index >= 15 is 0 Å². The average molecular weight is 341 g/mol. The number of benzene rings is 1. The van der Waals surface area contributed by atoms with Gasteiger partial charge in [-0.15, -0.1) is 0 Å². The molecule has 1 aliphatic heterocycles. The van der Waals surface area contributed by atoms with Gasteiger partial charge in [-0.05, 0) is 44.8 Å². The van der Waals surface area contributed by atoms with Gasteiger partial charge < -0.3 is 10.1 Å². The number of nitrogens with zero attached hydrogens (tertiary/aromatic N) is 2. The molecule has 2 fully saturated rings. The lowest BCUT2D eigenvalue weighted by Crippen LogP contribution is -2.43. The van der Waals surface area contributed by atoms with E-state index in [9.17, 15) is 10.1 Å². The predicted octanol–water partition coefficient (Wildman–Crippen LogP) is 3.03. The van der Waals surface area contributed by atoms with Gasteiger partial charge in [-0.2, -0.15) is 5.26 Å². The molecular weight excluding hydrogens is 314 g/mol. The second-order valence-electron chi connectivity index (χ2n) is 7.11. The van der Waals surface area contributed by atoms with Gasteiger partial charge in [0, 0.05) is 12.1 Å². The van der Waals surface area contributed by atoms with Crippen LogP contribution in [-0.2, 0) is 4.79 Å².